The van der Waals surface area contributed by atoms with Crippen LogP contribution in [0.25, 0.3) is 0 Å². The molecule has 4 aliphatic rings. The van der Waals surface area contributed by atoms with Crippen molar-refractivity contribution in [1.29, 1.82) is 0 Å². The molecule has 5 rings (SSSR count). The molecule has 5 atom stereocenters. The molecule has 4 fully saturated rings. The van der Waals surface area contributed by atoms with Gasteiger partial charge in [0.15, 0.2) is 0 Å². The van der Waals surface area contributed by atoms with Gasteiger partial charge in [0.2, 0.25) is 0 Å². The summed E-state index contributed by atoms with van der Waals surface area (Å²) in [6, 6.07) is 11.1. The highest BCUT2D eigenvalue weighted by Crippen LogP contribution is 2.72. The Labute approximate surface area is 137 Å². The summed E-state index contributed by atoms with van der Waals surface area (Å²) in [7, 11) is 0. The van der Waals surface area contributed by atoms with E-state index in [1.54, 1.807) is 0 Å². The Balaban J connectivity index is 1.77. The van der Waals surface area contributed by atoms with Gasteiger partial charge in [-0.25, -0.2) is 0 Å². The molecule has 4 aliphatic carbocycles. The molecule has 1 aromatic carbocycles. The molecule has 112 valence electrons. The van der Waals surface area contributed by atoms with E-state index in [4.69, 9.17) is 18.0 Å². The van der Waals surface area contributed by atoms with Crippen molar-refractivity contribution in [2.24, 2.45) is 23.0 Å². The Bertz CT molecular complexity index is 572. The number of rotatable bonds is 4. The third-order valence-electron chi connectivity index (χ3n) is 6.35. The predicted molar refractivity (Wildman–Crippen MR) is 94.7 cm³/mol. The van der Waals surface area contributed by atoms with Gasteiger partial charge < -0.3 is 5.73 Å². The number of thioether (sulfide) groups is 1. The molecule has 4 saturated carbocycles. The molecule has 0 spiro atoms. The van der Waals surface area contributed by atoms with Gasteiger partial charge in [-0.15, -0.1) is 0 Å². The first kappa shape index (κ1) is 14.1. The van der Waals surface area contributed by atoms with Crippen LogP contribution in [0.5, 0.6) is 0 Å². The molecule has 0 aliphatic heterocycles. The molecule has 0 saturated heterocycles. The molecule has 0 amide bonds. The Hall–Kier alpha value is -0.540. The topological polar surface area (TPSA) is 26.0 Å². The first-order valence-corrected chi connectivity index (χ1v) is 9.54. The van der Waals surface area contributed by atoms with E-state index >= 15 is 0 Å². The van der Waals surface area contributed by atoms with E-state index in [1.165, 1.54) is 37.0 Å². The van der Waals surface area contributed by atoms with Crippen LogP contribution in [-0.2, 0) is 5.41 Å². The summed E-state index contributed by atoms with van der Waals surface area (Å²) in [5, 5.41) is 0.788. The predicted octanol–water partition coefficient (Wildman–Crippen LogP) is 4.15. The minimum atomic E-state index is 0.154. The number of hydrogen-bond acceptors (Lipinski definition) is 2. The van der Waals surface area contributed by atoms with E-state index in [0.717, 1.165) is 16.2 Å². The third-order valence-corrected chi connectivity index (χ3v) is 8.19. The smallest absolute Gasteiger partial charge is 0.0793 e. The van der Waals surface area contributed by atoms with E-state index in [-0.39, 0.29) is 5.41 Å². The van der Waals surface area contributed by atoms with Crippen LogP contribution in [0, 0.1) is 17.3 Å². The number of benzene rings is 1. The lowest BCUT2D eigenvalue weighted by atomic mass is 9.63. The quantitative estimate of drug-likeness (QED) is 0.845. The Morgan fingerprint density at radius 3 is 2.71 bits per heavy atom. The zero-order valence-electron chi connectivity index (χ0n) is 12.5. The van der Waals surface area contributed by atoms with Crippen molar-refractivity contribution in [3.63, 3.8) is 0 Å². The van der Waals surface area contributed by atoms with Crippen LogP contribution in [0.3, 0.4) is 0 Å². The van der Waals surface area contributed by atoms with Gasteiger partial charge in [-0.2, -0.15) is 11.8 Å². The third kappa shape index (κ3) is 1.80. The molecule has 3 heteroatoms. The molecular formula is C18H23NS2. The second-order valence-corrected chi connectivity index (χ2v) is 9.14. The molecule has 21 heavy (non-hydrogen) atoms. The average molecular weight is 318 g/mol. The fourth-order valence-electron chi connectivity index (χ4n) is 5.78. The largest absolute Gasteiger partial charge is 0.393 e. The summed E-state index contributed by atoms with van der Waals surface area (Å²) in [6.07, 6.45) is 5.08. The zero-order valence-corrected chi connectivity index (χ0v) is 14.2. The normalized spacial score (nSPS) is 43.4. The maximum atomic E-state index is 6.27. The van der Waals surface area contributed by atoms with Gasteiger partial charge in [-0.05, 0) is 54.3 Å². The lowest BCUT2D eigenvalue weighted by Crippen LogP contribution is -2.40. The highest BCUT2D eigenvalue weighted by atomic mass is 32.2. The number of hydrogen-bond donors (Lipinski definition) is 1. The summed E-state index contributed by atoms with van der Waals surface area (Å²) in [4.78, 5) is 0.800. The van der Waals surface area contributed by atoms with Crippen LogP contribution in [0.4, 0.5) is 0 Å². The highest BCUT2D eigenvalue weighted by molar-refractivity contribution is 7.99. The van der Waals surface area contributed by atoms with Crippen molar-refractivity contribution in [1.82, 2.24) is 0 Å². The van der Waals surface area contributed by atoms with Crippen molar-refractivity contribution in [2.75, 3.05) is 5.75 Å². The minimum absolute atomic E-state index is 0.154. The van der Waals surface area contributed by atoms with Crippen LogP contribution in [0.1, 0.15) is 38.2 Å². The van der Waals surface area contributed by atoms with Gasteiger partial charge in [-0.3, -0.25) is 0 Å². The molecule has 2 N–H and O–H groups in total. The van der Waals surface area contributed by atoms with Crippen LogP contribution >= 0.6 is 24.0 Å². The van der Waals surface area contributed by atoms with E-state index in [1.807, 2.05) is 0 Å². The van der Waals surface area contributed by atoms with Crippen molar-refractivity contribution < 1.29 is 0 Å². The Morgan fingerprint density at radius 1 is 1.29 bits per heavy atom. The molecule has 0 aromatic heterocycles. The van der Waals surface area contributed by atoms with Gasteiger partial charge in [0.1, 0.15) is 0 Å². The van der Waals surface area contributed by atoms with Gasteiger partial charge in [-0.1, -0.05) is 49.5 Å². The lowest BCUT2D eigenvalue weighted by Gasteiger charge is -2.43. The second-order valence-electron chi connectivity index (χ2n) is 7.24. The fourth-order valence-corrected chi connectivity index (χ4v) is 7.53. The summed E-state index contributed by atoms with van der Waals surface area (Å²) in [6.45, 7) is 2.28. The van der Waals surface area contributed by atoms with Crippen LogP contribution in [0.15, 0.2) is 30.3 Å². The van der Waals surface area contributed by atoms with Crippen molar-refractivity contribution >= 4 is 29.0 Å². The summed E-state index contributed by atoms with van der Waals surface area (Å²) in [5.74, 6) is 2.73. The van der Waals surface area contributed by atoms with Crippen molar-refractivity contribution in [3.8, 4) is 0 Å². The molecule has 1 aromatic rings. The van der Waals surface area contributed by atoms with Crippen LogP contribution in [0.2, 0.25) is 0 Å². The van der Waals surface area contributed by atoms with E-state index in [0.29, 0.717) is 11.3 Å². The highest BCUT2D eigenvalue weighted by Gasteiger charge is 2.69. The molecule has 0 heterocycles. The number of nitrogens with two attached hydrogens (primary N) is 1. The molecular weight excluding hydrogens is 294 g/mol. The summed E-state index contributed by atoms with van der Waals surface area (Å²) >= 11 is 7.72. The minimum Gasteiger partial charge on any atom is -0.393 e. The molecule has 4 bridgehead atoms. The van der Waals surface area contributed by atoms with Gasteiger partial charge in [0.25, 0.3) is 0 Å². The van der Waals surface area contributed by atoms with Crippen LogP contribution in [-0.4, -0.2) is 16.0 Å². The van der Waals surface area contributed by atoms with E-state index in [9.17, 15) is 0 Å². The maximum Gasteiger partial charge on any atom is 0.0793 e. The van der Waals surface area contributed by atoms with Crippen molar-refractivity contribution in [3.05, 3.63) is 35.9 Å². The SMILES string of the molecule is CCSC1C2CC3(c4ccccc4)CC1C(C(N)=S)(C2)C3. The molecule has 0 radical (unpaired) electrons. The average Bonchev–Trinajstić information content (AvgIpc) is 2.86. The lowest BCUT2D eigenvalue weighted by molar-refractivity contribution is 0.221. The second kappa shape index (κ2) is 4.73. The van der Waals surface area contributed by atoms with Crippen molar-refractivity contribution in [2.45, 2.75) is 43.3 Å². The van der Waals surface area contributed by atoms with Gasteiger partial charge in [0.05, 0.1) is 4.99 Å². The van der Waals surface area contributed by atoms with E-state index in [2.05, 4.69) is 49.0 Å². The van der Waals surface area contributed by atoms with Gasteiger partial charge >= 0.3 is 0 Å². The summed E-state index contributed by atoms with van der Waals surface area (Å²) in [5.41, 5.74) is 8.30. The van der Waals surface area contributed by atoms with Gasteiger partial charge in [0, 0.05) is 10.7 Å². The zero-order chi connectivity index (χ0) is 14.7. The Morgan fingerprint density at radius 2 is 2.05 bits per heavy atom. The molecule has 1 nitrogen and oxygen atoms in total. The standard InChI is InChI=1S/C18H23NS2/c1-2-21-15-12-8-17(13-6-4-3-5-7-13)10-14(15)18(9-12,11-17)16(19)20/h3-7,12,14-15H,2,8-11H2,1H3,(H2,19,20). The van der Waals surface area contributed by atoms with Crippen LogP contribution < -0.4 is 5.73 Å². The first-order chi connectivity index (χ1) is 10.1. The van der Waals surface area contributed by atoms with E-state index < -0.39 is 0 Å². The fraction of sp³-hybridized carbons (Fsp3) is 0.611. The molecule has 5 unspecified atom stereocenters. The summed E-state index contributed by atoms with van der Waals surface area (Å²) < 4.78 is 0. The number of thiocarbonyl (C=S) groups is 1. The monoisotopic (exact) mass is 317 g/mol. The maximum absolute atomic E-state index is 6.27. The Kier molecular flexibility index (Phi) is 3.17. The first-order valence-electron chi connectivity index (χ1n) is 8.08.